The summed E-state index contributed by atoms with van der Waals surface area (Å²) in [7, 11) is 0. The molecule has 0 spiro atoms. The van der Waals surface area contributed by atoms with Crippen LogP contribution in [-0.4, -0.2) is 16.4 Å². The first kappa shape index (κ1) is 19.3. The van der Waals surface area contributed by atoms with Gasteiger partial charge in [-0.1, -0.05) is 22.9 Å². The third-order valence-corrected chi connectivity index (χ3v) is 3.20. The SMILES string of the molecule is CC(Br)C(=O)C1CC1.CCC(=O)C1CC1.[Br][Cu][Br]. The number of Topliss-reactive ketones (excluding diaryl/α,β-unsaturated/α-hetero) is 2. The molecule has 0 aliphatic heterocycles. The fourth-order valence-electron chi connectivity index (χ4n) is 1.39. The fraction of sp³-hybridized carbons (Fsp3) is 0.833. The minimum absolute atomic E-state index is 0.0787. The molecule has 2 rings (SSSR count). The summed E-state index contributed by atoms with van der Waals surface area (Å²) in [5.41, 5.74) is 0. The number of hydrogen-bond donors (Lipinski definition) is 0. The van der Waals surface area contributed by atoms with Crippen molar-refractivity contribution in [3.05, 3.63) is 0 Å². The monoisotopic (exact) mass is 495 g/mol. The molecule has 2 aliphatic rings. The van der Waals surface area contributed by atoms with Crippen molar-refractivity contribution in [2.45, 2.75) is 50.8 Å². The normalized spacial score (nSPS) is 18.9. The number of ketones is 2. The zero-order valence-electron chi connectivity index (χ0n) is 10.5. The minimum atomic E-state index is 0.0787. The number of halogens is 3. The molecular weight excluding hydrogens is 479 g/mol. The van der Waals surface area contributed by atoms with Gasteiger partial charge >= 0.3 is 39.6 Å². The molecule has 0 aromatic rings. The first-order chi connectivity index (χ1) is 8.47. The van der Waals surface area contributed by atoms with Crippen LogP contribution in [0.1, 0.15) is 46.0 Å². The summed E-state index contributed by atoms with van der Waals surface area (Å²) in [6.07, 6.45) is 5.30. The number of hydrogen-bond acceptors (Lipinski definition) is 2. The van der Waals surface area contributed by atoms with Crippen LogP contribution >= 0.6 is 44.2 Å². The molecule has 18 heavy (non-hydrogen) atoms. The molecule has 0 saturated heterocycles. The van der Waals surface area contributed by atoms with E-state index in [0.717, 1.165) is 32.1 Å². The molecule has 2 aliphatic carbocycles. The van der Waals surface area contributed by atoms with Gasteiger partial charge in [0, 0.05) is 18.3 Å². The molecule has 0 aromatic heterocycles. The van der Waals surface area contributed by atoms with Crippen molar-refractivity contribution in [2.24, 2.45) is 11.8 Å². The van der Waals surface area contributed by atoms with E-state index in [9.17, 15) is 9.59 Å². The molecule has 1 unspecified atom stereocenters. The second kappa shape index (κ2) is 11.0. The van der Waals surface area contributed by atoms with Gasteiger partial charge in [0.1, 0.15) is 11.6 Å². The summed E-state index contributed by atoms with van der Waals surface area (Å²) in [4.78, 5) is 21.5. The van der Waals surface area contributed by atoms with Crippen LogP contribution in [0.2, 0.25) is 0 Å². The van der Waals surface area contributed by atoms with E-state index in [1.54, 1.807) is 0 Å². The summed E-state index contributed by atoms with van der Waals surface area (Å²) < 4.78 is 0. The van der Waals surface area contributed by atoms with E-state index in [2.05, 4.69) is 44.2 Å². The van der Waals surface area contributed by atoms with Crippen molar-refractivity contribution in [3.63, 3.8) is 0 Å². The van der Waals surface area contributed by atoms with Crippen molar-refractivity contribution in [3.8, 4) is 0 Å². The van der Waals surface area contributed by atoms with E-state index >= 15 is 0 Å². The van der Waals surface area contributed by atoms with Crippen molar-refractivity contribution in [2.75, 3.05) is 0 Å². The molecule has 0 amide bonds. The Morgan fingerprint density at radius 1 is 1.17 bits per heavy atom. The molecule has 0 radical (unpaired) electrons. The van der Waals surface area contributed by atoms with Gasteiger partial charge in [-0.25, -0.2) is 0 Å². The van der Waals surface area contributed by atoms with Crippen LogP contribution in [0.4, 0.5) is 0 Å². The maximum atomic E-state index is 10.9. The van der Waals surface area contributed by atoms with Gasteiger partial charge in [0.25, 0.3) is 0 Å². The Kier molecular flexibility index (Phi) is 11.8. The van der Waals surface area contributed by atoms with Gasteiger partial charge in [0.2, 0.25) is 0 Å². The van der Waals surface area contributed by atoms with Crippen molar-refractivity contribution < 1.29 is 20.9 Å². The Balaban J connectivity index is 0.000000267. The van der Waals surface area contributed by atoms with Gasteiger partial charge in [0.15, 0.2) is 0 Å². The molecular formula is C12H19Br3CuO2. The van der Waals surface area contributed by atoms with Gasteiger partial charge in [0.05, 0.1) is 4.83 Å². The standard InChI is InChI=1S/C6H9BrO.C6H10O.2BrH.Cu/c1-4(7)6(8)5-2-3-5;1-2-6(7)5-3-4-5;;;/h4-5H,2-3H2,1H3;5H,2-4H2,1H3;2*1H;/q;;;;+2/p-2. The first-order valence-corrected chi connectivity index (χ1v) is 11.6. The number of alkyl halides is 1. The average Bonchev–Trinajstić information content (AvgIpc) is 3.21. The van der Waals surface area contributed by atoms with Crippen molar-refractivity contribution in [1.29, 1.82) is 0 Å². The maximum absolute atomic E-state index is 10.9. The van der Waals surface area contributed by atoms with Gasteiger partial charge in [-0.2, -0.15) is 0 Å². The van der Waals surface area contributed by atoms with Crippen molar-refractivity contribution >= 4 is 55.7 Å². The predicted molar refractivity (Wildman–Crippen MR) is 82.0 cm³/mol. The third-order valence-electron chi connectivity index (χ3n) is 2.75. The molecule has 0 N–H and O–H groups in total. The van der Waals surface area contributed by atoms with Gasteiger partial charge in [-0.3, -0.25) is 9.59 Å². The quantitative estimate of drug-likeness (QED) is 0.412. The van der Waals surface area contributed by atoms with Gasteiger partial charge in [-0.05, 0) is 32.6 Å². The Bertz CT molecular complexity index is 260. The van der Waals surface area contributed by atoms with Gasteiger partial charge in [-0.15, -0.1) is 0 Å². The Labute approximate surface area is 138 Å². The predicted octanol–water partition coefficient (Wildman–Crippen LogP) is 4.81. The number of carbonyl (C=O) groups excluding carboxylic acids is 2. The molecule has 2 fully saturated rings. The van der Waals surface area contributed by atoms with E-state index < -0.39 is 0 Å². The van der Waals surface area contributed by atoms with Crippen LogP contribution in [0.25, 0.3) is 0 Å². The van der Waals surface area contributed by atoms with Crippen LogP contribution < -0.4 is 0 Å². The number of carbonyl (C=O) groups is 2. The van der Waals surface area contributed by atoms with Crippen LogP contribution in [0.5, 0.6) is 0 Å². The van der Waals surface area contributed by atoms with E-state index in [4.69, 9.17) is 0 Å². The van der Waals surface area contributed by atoms with Crippen molar-refractivity contribution in [1.82, 2.24) is 0 Å². The summed E-state index contributed by atoms with van der Waals surface area (Å²) in [5.74, 6) is 1.72. The van der Waals surface area contributed by atoms with E-state index in [1.165, 1.54) is 11.3 Å². The molecule has 2 nitrogen and oxygen atoms in total. The number of rotatable bonds is 4. The zero-order valence-corrected chi connectivity index (χ0v) is 16.2. The summed E-state index contributed by atoms with van der Waals surface area (Å²) >= 11 is 10.6. The summed E-state index contributed by atoms with van der Waals surface area (Å²) in [6.45, 7) is 3.82. The molecule has 111 valence electrons. The van der Waals surface area contributed by atoms with E-state index in [-0.39, 0.29) is 4.83 Å². The molecule has 0 aromatic carbocycles. The van der Waals surface area contributed by atoms with Crippen LogP contribution in [0.3, 0.4) is 0 Å². The van der Waals surface area contributed by atoms with Gasteiger partial charge < -0.3 is 0 Å². The second-order valence-corrected chi connectivity index (χ2v) is 10.6. The molecule has 0 heterocycles. The molecule has 0 bridgehead atoms. The third kappa shape index (κ3) is 10.1. The molecule has 2 saturated carbocycles. The van der Waals surface area contributed by atoms with Crippen LogP contribution in [0, 0.1) is 11.8 Å². The Morgan fingerprint density at radius 2 is 1.56 bits per heavy atom. The van der Waals surface area contributed by atoms with Crippen LogP contribution in [0.15, 0.2) is 0 Å². The van der Waals surface area contributed by atoms with Crippen LogP contribution in [-0.2, 0) is 20.9 Å². The fourth-order valence-corrected chi connectivity index (χ4v) is 1.76. The van der Waals surface area contributed by atoms with E-state index in [0.29, 0.717) is 23.4 Å². The Hall–Kier alpha value is 1.30. The average molecular weight is 499 g/mol. The Morgan fingerprint density at radius 3 is 1.67 bits per heavy atom. The second-order valence-electron chi connectivity index (χ2n) is 4.43. The summed E-state index contributed by atoms with van der Waals surface area (Å²) in [6, 6.07) is 0. The first-order valence-electron chi connectivity index (χ1n) is 5.99. The van der Waals surface area contributed by atoms with E-state index in [1.807, 2.05) is 13.8 Å². The molecule has 6 heteroatoms. The molecule has 1 atom stereocenters. The zero-order chi connectivity index (χ0) is 14.1. The summed E-state index contributed by atoms with van der Waals surface area (Å²) in [5, 5.41) is 0. The topological polar surface area (TPSA) is 34.1 Å².